The van der Waals surface area contributed by atoms with Crippen LogP contribution in [0, 0.1) is 0 Å². The number of hydrogen-bond acceptors (Lipinski definition) is 4. The number of carbonyl (C=O) groups excluding carboxylic acids is 1. The predicted molar refractivity (Wildman–Crippen MR) is 87.9 cm³/mol. The standard InChI is InChI=1S/C17H20N2O2S/c20-10-7-15-6-1-2-9-19(15)17(21)14-5-3-4-13(12-14)16-18-8-11-22-16/h3-5,8,11-12,15,20H,1-2,6-7,9-10H2. The second-order valence-corrected chi connectivity index (χ2v) is 6.47. The Labute approximate surface area is 134 Å². The maximum Gasteiger partial charge on any atom is 0.254 e. The molecule has 0 bridgehead atoms. The molecule has 2 aromatic rings. The first-order valence-electron chi connectivity index (χ1n) is 7.71. The van der Waals surface area contributed by atoms with Crippen LogP contribution < -0.4 is 0 Å². The first kappa shape index (κ1) is 15.2. The van der Waals surface area contributed by atoms with Crippen molar-refractivity contribution in [1.82, 2.24) is 9.88 Å². The summed E-state index contributed by atoms with van der Waals surface area (Å²) in [7, 11) is 0. The van der Waals surface area contributed by atoms with Gasteiger partial charge in [0, 0.05) is 41.9 Å². The number of thiazole rings is 1. The van der Waals surface area contributed by atoms with Crippen molar-refractivity contribution in [3.05, 3.63) is 41.4 Å². The van der Waals surface area contributed by atoms with E-state index in [1.165, 1.54) is 0 Å². The number of rotatable bonds is 4. The van der Waals surface area contributed by atoms with E-state index in [2.05, 4.69) is 4.98 Å². The van der Waals surface area contributed by atoms with Crippen molar-refractivity contribution in [2.24, 2.45) is 0 Å². The molecule has 1 amide bonds. The minimum atomic E-state index is 0.0663. The van der Waals surface area contributed by atoms with E-state index in [0.717, 1.165) is 36.4 Å². The Hall–Kier alpha value is -1.72. The fourth-order valence-electron chi connectivity index (χ4n) is 3.03. The van der Waals surface area contributed by atoms with Crippen LogP contribution in [0.25, 0.3) is 10.6 Å². The van der Waals surface area contributed by atoms with E-state index in [1.54, 1.807) is 17.5 Å². The summed E-state index contributed by atoms with van der Waals surface area (Å²) >= 11 is 1.57. The van der Waals surface area contributed by atoms with Crippen molar-refractivity contribution in [3.63, 3.8) is 0 Å². The van der Waals surface area contributed by atoms with E-state index < -0.39 is 0 Å². The lowest BCUT2D eigenvalue weighted by Crippen LogP contribution is -2.44. The zero-order valence-corrected chi connectivity index (χ0v) is 13.3. The summed E-state index contributed by atoms with van der Waals surface area (Å²) in [6, 6.07) is 7.84. The monoisotopic (exact) mass is 316 g/mol. The van der Waals surface area contributed by atoms with E-state index >= 15 is 0 Å². The first-order valence-corrected chi connectivity index (χ1v) is 8.59. The van der Waals surface area contributed by atoms with Gasteiger partial charge in [-0.2, -0.15) is 0 Å². The van der Waals surface area contributed by atoms with E-state index in [-0.39, 0.29) is 18.6 Å². The molecule has 0 aliphatic carbocycles. The van der Waals surface area contributed by atoms with Crippen LogP contribution in [0.2, 0.25) is 0 Å². The van der Waals surface area contributed by atoms with Crippen LogP contribution >= 0.6 is 11.3 Å². The number of nitrogens with zero attached hydrogens (tertiary/aromatic N) is 2. The summed E-state index contributed by atoms with van der Waals surface area (Å²) in [5.41, 5.74) is 1.69. The third kappa shape index (κ3) is 3.20. The topological polar surface area (TPSA) is 53.4 Å². The molecule has 3 rings (SSSR count). The van der Waals surface area contributed by atoms with Gasteiger partial charge >= 0.3 is 0 Å². The van der Waals surface area contributed by atoms with Crippen LogP contribution in [0.1, 0.15) is 36.0 Å². The van der Waals surface area contributed by atoms with Crippen LogP contribution in [0.15, 0.2) is 35.8 Å². The van der Waals surface area contributed by atoms with Crippen molar-refractivity contribution < 1.29 is 9.90 Å². The lowest BCUT2D eigenvalue weighted by atomic mass is 9.98. The highest BCUT2D eigenvalue weighted by Gasteiger charge is 2.27. The van der Waals surface area contributed by atoms with Crippen molar-refractivity contribution >= 4 is 17.2 Å². The maximum atomic E-state index is 12.8. The van der Waals surface area contributed by atoms with Crippen LogP contribution in [0.4, 0.5) is 0 Å². The minimum Gasteiger partial charge on any atom is -0.396 e. The highest BCUT2D eigenvalue weighted by Crippen LogP contribution is 2.25. The Morgan fingerprint density at radius 1 is 1.41 bits per heavy atom. The number of likely N-dealkylation sites (tertiary alicyclic amines) is 1. The zero-order chi connectivity index (χ0) is 15.4. The summed E-state index contributed by atoms with van der Waals surface area (Å²) in [6.07, 6.45) is 5.60. The van der Waals surface area contributed by atoms with Gasteiger partial charge in [-0.1, -0.05) is 12.1 Å². The molecule has 1 unspecified atom stereocenters. The lowest BCUT2D eigenvalue weighted by molar-refractivity contribution is 0.0574. The van der Waals surface area contributed by atoms with Crippen LogP contribution in [0.5, 0.6) is 0 Å². The second-order valence-electron chi connectivity index (χ2n) is 5.58. The van der Waals surface area contributed by atoms with Gasteiger partial charge in [0.25, 0.3) is 5.91 Å². The molecule has 1 atom stereocenters. The molecule has 1 saturated heterocycles. The van der Waals surface area contributed by atoms with Gasteiger partial charge in [0.2, 0.25) is 0 Å². The van der Waals surface area contributed by atoms with Gasteiger partial charge < -0.3 is 10.0 Å². The van der Waals surface area contributed by atoms with E-state index in [1.807, 2.05) is 34.5 Å². The number of benzene rings is 1. The van der Waals surface area contributed by atoms with Crippen molar-refractivity contribution in [2.75, 3.05) is 13.2 Å². The number of carbonyl (C=O) groups is 1. The van der Waals surface area contributed by atoms with Crippen molar-refractivity contribution in [2.45, 2.75) is 31.7 Å². The molecule has 22 heavy (non-hydrogen) atoms. The molecular formula is C17H20N2O2S. The summed E-state index contributed by atoms with van der Waals surface area (Å²) in [4.78, 5) is 19.1. The predicted octanol–water partition coefficient (Wildman–Crippen LogP) is 3.19. The van der Waals surface area contributed by atoms with E-state index in [9.17, 15) is 9.90 Å². The molecule has 1 fully saturated rings. The lowest BCUT2D eigenvalue weighted by Gasteiger charge is -2.35. The maximum absolute atomic E-state index is 12.8. The van der Waals surface area contributed by atoms with Gasteiger partial charge in [-0.15, -0.1) is 11.3 Å². The third-order valence-electron chi connectivity index (χ3n) is 4.14. The Morgan fingerprint density at radius 3 is 3.09 bits per heavy atom. The Balaban J connectivity index is 1.83. The van der Waals surface area contributed by atoms with Gasteiger partial charge in [-0.3, -0.25) is 4.79 Å². The van der Waals surface area contributed by atoms with Gasteiger partial charge in [-0.25, -0.2) is 4.98 Å². The average Bonchev–Trinajstić information content (AvgIpc) is 3.10. The normalized spacial score (nSPS) is 18.4. The fourth-order valence-corrected chi connectivity index (χ4v) is 3.67. The van der Waals surface area contributed by atoms with Crippen LogP contribution in [0.3, 0.4) is 0 Å². The number of aromatic nitrogens is 1. The Morgan fingerprint density at radius 2 is 2.32 bits per heavy atom. The summed E-state index contributed by atoms with van der Waals surface area (Å²) in [5, 5.41) is 12.1. The van der Waals surface area contributed by atoms with Crippen LogP contribution in [-0.2, 0) is 0 Å². The zero-order valence-electron chi connectivity index (χ0n) is 12.4. The first-order chi connectivity index (χ1) is 10.8. The second kappa shape index (κ2) is 7.03. The molecule has 0 spiro atoms. The van der Waals surface area contributed by atoms with Crippen LogP contribution in [-0.4, -0.2) is 40.1 Å². The number of piperidine rings is 1. The molecule has 2 heterocycles. The van der Waals surface area contributed by atoms with Crippen molar-refractivity contribution in [3.8, 4) is 10.6 Å². The molecule has 1 aromatic heterocycles. The SMILES string of the molecule is O=C(c1cccc(-c2nccs2)c1)N1CCCCC1CCO. The number of aliphatic hydroxyl groups excluding tert-OH is 1. The molecule has 0 radical (unpaired) electrons. The Kier molecular flexibility index (Phi) is 4.85. The van der Waals surface area contributed by atoms with Gasteiger partial charge in [0.1, 0.15) is 5.01 Å². The summed E-state index contributed by atoms with van der Waals surface area (Å²) in [5.74, 6) is 0.0663. The molecule has 1 aliphatic rings. The number of hydrogen-bond donors (Lipinski definition) is 1. The molecule has 5 heteroatoms. The highest BCUT2D eigenvalue weighted by atomic mass is 32.1. The average molecular weight is 316 g/mol. The molecular weight excluding hydrogens is 296 g/mol. The minimum absolute atomic E-state index is 0.0663. The highest BCUT2D eigenvalue weighted by molar-refractivity contribution is 7.13. The Bertz CT molecular complexity index is 625. The summed E-state index contributed by atoms with van der Waals surface area (Å²) in [6.45, 7) is 0.915. The molecule has 116 valence electrons. The third-order valence-corrected chi connectivity index (χ3v) is 4.96. The molecule has 1 aromatic carbocycles. The van der Waals surface area contributed by atoms with E-state index in [0.29, 0.717) is 12.0 Å². The van der Waals surface area contributed by atoms with Gasteiger partial charge in [0.05, 0.1) is 0 Å². The number of aliphatic hydroxyl groups is 1. The molecule has 0 saturated carbocycles. The van der Waals surface area contributed by atoms with Gasteiger partial charge in [-0.05, 0) is 37.8 Å². The molecule has 4 nitrogen and oxygen atoms in total. The largest absolute Gasteiger partial charge is 0.396 e. The quantitative estimate of drug-likeness (QED) is 0.942. The molecule has 1 N–H and O–H groups in total. The smallest absolute Gasteiger partial charge is 0.254 e. The fraction of sp³-hybridized carbons (Fsp3) is 0.412. The van der Waals surface area contributed by atoms with E-state index in [4.69, 9.17) is 0 Å². The molecule has 1 aliphatic heterocycles. The number of amides is 1. The summed E-state index contributed by atoms with van der Waals surface area (Å²) < 4.78 is 0. The van der Waals surface area contributed by atoms with Gasteiger partial charge in [0.15, 0.2) is 0 Å². The van der Waals surface area contributed by atoms with Crippen molar-refractivity contribution in [1.29, 1.82) is 0 Å².